The molecular formula is C16H13BrF2N2O2. The molecule has 4 nitrogen and oxygen atoms in total. The lowest BCUT2D eigenvalue weighted by molar-refractivity contribution is -0.0506. The number of benzene rings is 2. The maximum absolute atomic E-state index is 12.6. The summed E-state index contributed by atoms with van der Waals surface area (Å²) in [4.78, 5) is 12.3. The molecule has 1 aliphatic rings. The van der Waals surface area contributed by atoms with Gasteiger partial charge in [0.25, 0.3) is 5.91 Å². The molecule has 1 unspecified atom stereocenters. The van der Waals surface area contributed by atoms with E-state index in [4.69, 9.17) is 0 Å². The number of aryl methyl sites for hydroxylation is 1. The van der Waals surface area contributed by atoms with Gasteiger partial charge in [0.2, 0.25) is 0 Å². The van der Waals surface area contributed by atoms with E-state index >= 15 is 0 Å². The summed E-state index contributed by atoms with van der Waals surface area (Å²) in [6.07, 6.45) is -0.664. The highest BCUT2D eigenvalue weighted by Gasteiger charge is 2.28. The van der Waals surface area contributed by atoms with Crippen molar-refractivity contribution < 1.29 is 18.3 Å². The molecule has 2 aromatic carbocycles. The summed E-state index contributed by atoms with van der Waals surface area (Å²) >= 11 is 3.31. The van der Waals surface area contributed by atoms with Crippen molar-refractivity contribution in [1.29, 1.82) is 0 Å². The SMILES string of the molecule is Cc1cccc2c1NC(c1cc(Br)ccc1OC(F)F)NC2=O. The zero-order valence-electron chi connectivity index (χ0n) is 12.1. The van der Waals surface area contributed by atoms with Crippen LogP contribution in [0.15, 0.2) is 40.9 Å². The molecule has 0 aromatic heterocycles. The van der Waals surface area contributed by atoms with Gasteiger partial charge in [-0.2, -0.15) is 8.78 Å². The Balaban J connectivity index is 2.02. The van der Waals surface area contributed by atoms with Gasteiger partial charge in [0.15, 0.2) is 0 Å². The van der Waals surface area contributed by atoms with Crippen molar-refractivity contribution in [3.63, 3.8) is 0 Å². The predicted molar refractivity (Wildman–Crippen MR) is 85.8 cm³/mol. The molecule has 0 fully saturated rings. The Hall–Kier alpha value is -2.15. The van der Waals surface area contributed by atoms with E-state index in [0.29, 0.717) is 21.3 Å². The van der Waals surface area contributed by atoms with Crippen LogP contribution in [-0.4, -0.2) is 12.5 Å². The van der Waals surface area contributed by atoms with E-state index in [9.17, 15) is 13.6 Å². The van der Waals surface area contributed by atoms with Gasteiger partial charge in [-0.25, -0.2) is 0 Å². The standard InChI is InChI=1S/C16H13BrF2N2O2/c1-8-3-2-4-10-13(8)20-14(21-15(10)22)11-7-9(17)5-6-12(11)23-16(18)19/h2-7,14,16,20H,1H3,(H,21,22). The third kappa shape index (κ3) is 3.14. The van der Waals surface area contributed by atoms with Crippen LogP contribution in [0.2, 0.25) is 0 Å². The van der Waals surface area contributed by atoms with Crippen LogP contribution in [0.4, 0.5) is 14.5 Å². The lowest BCUT2D eigenvalue weighted by Crippen LogP contribution is -2.39. The quantitative estimate of drug-likeness (QED) is 0.835. The first-order valence-electron chi connectivity index (χ1n) is 6.87. The van der Waals surface area contributed by atoms with E-state index in [0.717, 1.165) is 5.56 Å². The molecule has 120 valence electrons. The van der Waals surface area contributed by atoms with Crippen LogP contribution in [0.25, 0.3) is 0 Å². The van der Waals surface area contributed by atoms with Crippen LogP contribution in [0.3, 0.4) is 0 Å². The number of halogens is 3. The Labute approximate surface area is 140 Å². The van der Waals surface area contributed by atoms with E-state index in [2.05, 4.69) is 31.3 Å². The van der Waals surface area contributed by atoms with E-state index < -0.39 is 12.8 Å². The average molecular weight is 383 g/mol. The molecule has 1 heterocycles. The maximum Gasteiger partial charge on any atom is 0.387 e. The van der Waals surface area contributed by atoms with E-state index in [1.807, 2.05) is 13.0 Å². The largest absolute Gasteiger partial charge is 0.434 e. The van der Waals surface area contributed by atoms with Crippen molar-refractivity contribution in [2.75, 3.05) is 5.32 Å². The zero-order valence-corrected chi connectivity index (χ0v) is 13.7. The second-order valence-electron chi connectivity index (χ2n) is 5.11. The molecule has 0 bridgehead atoms. The number of ether oxygens (including phenoxy) is 1. The Kier molecular flexibility index (Phi) is 4.21. The van der Waals surface area contributed by atoms with Gasteiger partial charge in [-0.15, -0.1) is 0 Å². The van der Waals surface area contributed by atoms with Crippen LogP contribution in [0.1, 0.15) is 27.7 Å². The molecule has 1 aliphatic heterocycles. The molecule has 23 heavy (non-hydrogen) atoms. The Morgan fingerprint density at radius 1 is 1.22 bits per heavy atom. The van der Waals surface area contributed by atoms with Crippen molar-refractivity contribution >= 4 is 27.5 Å². The van der Waals surface area contributed by atoms with Gasteiger partial charge in [-0.1, -0.05) is 28.1 Å². The highest BCUT2D eigenvalue weighted by atomic mass is 79.9. The Morgan fingerprint density at radius 2 is 2.00 bits per heavy atom. The van der Waals surface area contributed by atoms with Crippen LogP contribution in [0, 0.1) is 6.92 Å². The van der Waals surface area contributed by atoms with Crippen LogP contribution < -0.4 is 15.4 Å². The smallest absolute Gasteiger partial charge is 0.387 e. The molecule has 0 spiro atoms. The van der Waals surface area contributed by atoms with Crippen molar-refractivity contribution in [3.8, 4) is 5.75 Å². The summed E-state index contributed by atoms with van der Waals surface area (Å²) in [7, 11) is 0. The van der Waals surface area contributed by atoms with E-state index in [-0.39, 0.29) is 11.7 Å². The summed E-state index contributed by atoms with van der Waals surface area (Å²) < 4.78 is 30.5. The minimum atomic E-state index is -2.94. The normalized spacial score (nSPS) is 16.6. The second-order valence-corrected chi connectivity index (χ2v) is 6.02. The van der Waals surface area contributed by atoms with Gasteiger partial charge in [-0.3, -0.25) is 4.79 Å². The number of carbonyl (C=O) groups is 1. The summed E-state index contributed by atoms with van der Waals surface area (Å²) in [5.41, 5.74) is 2.52. The molecule has 0 aliphatic carbocycles. The van der Waals surface area contributed by atoms with Gasteiger partial charge in [0.05, 0.1) is 11.3 Å². The van der Waals surface area contributed by atoms with Crippen molar-refractivity contribution in [1.82, 2.24) is 5.32 Å². The summed E-state index contributed by atoms with van der Waals surface area (Å²) in [6.45, 7) is -1.07. The first-order chi connectivity index (χ1) is 11.0. The number of rotatable bonds is 3. The number of hydrogen-bond donors (Lipinski definition) is 2. The zero-order chi connectivity index (χ0) is 16.6. The molecule has 2 aromatic rings. The number of hydrogen-bond acceptors (Lipinski definition) is 3. The summed E-state index contributed by atoms with van der Waals surface area (Å²) in [5.74, 6) is -0.256. The van der Waals surface area contributed by atoms with Gasteiger partial charge in [0, 0.05) is 10.0 Å². The fourth-order valence-corrected chi connectivity index (χ4v) is 2.92. The second kappa shape index (κ2) is 6.16. The van der Waals surface area contributed by atoms with Crippen LogP contribution in [-0.2, 0) is 0 Å². The van der Waals surface area contributed by atoms with E-state index in [1.54, 1.807) is 24.3 Å². The fraction of sp³-hybridized carbons (Fsp3) is 0.188. The topological polar surface area (TPSA) is 50.4 Å². The van der Waals surface area contributed by atoms with Crippen LogP contribution in [0.5, 0.6) is 5.75 Å². The minimum Gasteiger partial charge on any atom is -0.434 e. The van der Waals surface area contributed by atoms with Crippen molar-refractivity contribution in [2.24, 2.45) is 0 Å². The molecule has 0 saturated heterocycles. The highest BCUT2D eigenvalue weighted by molar-refractivity contribution is 9.10. The molecule has 1 atom stereocenters. The summed E-state index contributed by atoms with van der Waals surface area (Å²) in [6, 6.07) is 10.0. The number of anilines is 1. The average Bonchev–Trinajstić information content (AvgIpc) is 2.49. The van der Waals surface area contributed by atoms with Gasteiger partial charge in [-0.05, 0) is 36.8 Å². The summed E-state index contributed by atoms with van der Waals surface area (Å²) in [5, 5.41) is 5.94. The monoisotopic (exact) mass is 382 g/mol. The van der Waals surface area contributed by atoms with Gasteiger partial charge in [0.1, 0.15) is 11.9 Å². The number of para-hydroxylation sites is 1. The van der Waals surface area contributed by atoms with Crippen LogP contribution >= 0.6 is 15.9 Å². The molecule has 2 N–H and O–H groups in total. The fourth-order valence-electron chi connectivity index (χ4n) is 2.54. The molecule has 7 heteroatoms. The lowest BCUT2D eigenvalue weighted by Gasteiger charge is -2.30. The minimum absolute atomic E-state index is 0.0121. The molecule has 3 rings (SSSR count). The lowest BCUT2D eigenvalue weighted by atomic mass is 10.0. The number of fused-ring (bicyclic) bond motifs is 1. The molecule has 0 radical (unpaired) electrons. The third-order valence-electron chi connectivity index (χ3n) is 3.58. The first-order valence-corrected chi connectivity index (χ1v) is 7.66. The third-order valence-corrected chi connectivity index (χ3v) is 4.07. The molecule has 0 saturated carbocycles. The number of carbonyl (C=O) groups excluding carboxylic acids is 1. The molecular weight excluding hydrogens is 370 g/mol. The predicted octanol–water partition coefficient (Wildman–Crippen LogP) is 4.21. The van der Waals surface area contributed by atoms with Crippen molar-refractivity contribution in [2.45, 2.75) is 19.7 Å². The number of alkyl halides is 2. The van der Waals surface area contributed by atoms with Crippen molar-refractivity contribution in [3.05, 3.63) is 57.6 Å². The Bertz CT molecular complexity index is 768. The number of amides is 1. The maximum atomic E-state index is 12.6. The number of nitrogens with one attached hydrogen (secondary N) is 2. The van der Waals surface area contributed by atoms with Gasteiger partial charge < -0.3 is 15.4 Å². The Morgan fingerprint density at radius 3 is 2.74 bits per heavy atom. The molecule has 1 amide bonds. The first kappa shape index (κ1) is 15.7. The van der Waals surface area contributed by atoms with Gasteiger partial charge >= 0.3 is 6.61 Å². The van der Waals surface area contributed by atoms with E-state index in [1.165, 1.54) is 6.07 Å². The highest BCUT2D eigenvalue weighted by Crippen LogP contribution is 2.35.